The molecule has 0 bridgehead atoms. The maximum Gasteiger partial charge on any atom is 0.326 e. The van der Waals surface area contributed by atoms with E-state index in [2.05, 4.69) is 16.0 Å². The summed E-state index contributed by atoms with van der Waals surface area (Å²) in [4.78, 5) is 91.9. The zero-order valence-electron chi connectivity index (χ0n) is 27.8. The summed E-state index contributed by atoms with van der Waals surface area (Å²) in [5.41, 5.74) is 0. The lowest BCUT2D eigenvalue weighted by Gasteiger charge is -2.18. The smallest absolute Gasteiger partial charge is 0.326 e. The monoisotopic (exact) mass is 684 g/mol. The number of carboxylic acids is 4. The fourth-order valence-corrected chi connectivity index (χ4v) is 5.01. The largest absolute Gasteiger partial charge is 0.481 e. The number of hydrogen-bond acceptors (Lipinski definition) is 8. The van der Waals surface area contributed by atoms with Gasteiger partial charge in [0.05, 0.1) is 0 Å². The van der Waals surface area contributed by atoms with Crippen LogP contribution in [0.5, 0.6) is 0 Å². The molecule has 0 aliphatic rings. The molecule has 0 heterocycles. The highest BCUT2D eigenvalue weighted by Crippen LogP contribution is 2.14. The number of carboxylic acid groups (broad SMARTS) is 4. The summed E-state index contributed by atoms with van der Waals surface area (Å²) < 4.78 is 0. The van der Waals surface area contributed by atoms with E-state index >= 15 is 0 Å². The van der Waals surface area contributed by atoms with Gasteiger partial charge < -0.3 is 36.4 Å². The third-order valence-electron chi connectivity index (χ3n) is 7.80. The molecule has 0 spiro atoms. The first-order chi connectivity index (χ1) is 22.9. The summed E-state index contributed by atoms with van der Waals surface area (Å²) in [6.07, 6.45) is 14.5. The second-order valence-electron chi connectivity index (χ2n) is 12.0. The van der Waals surface area contributed by atoms with E-state index in [1.807, 2.05) is 0 Å². The Bertz CT molecular complexity index is 1020. The van der Waals surface area contributed by atoms with Crippen molar-refractivity contribution in [3.8, 4) is 0 Å². The van der Waals surface area contributed by atoms with Crippen LogP contribution in [0.3, 0.4) is 0 Å². The fourth-order valence-electron chi connectivity index (χ4n) is 5.01. The van der Waals surface area contributed by atoms with E-state index in [4.69, 9.17) is 10.2 Å². The average molecular weight is 685 g/mol. The molecular formula is C33H54N3O12. The van der Waals surface area contributed by atoms with Crippen LogP contribution < -0.4 is 16.0 Å². The summed E-state index contributed by atoms with van der Waals surface area (Å²) in [6.45, 7) is 0. The van der Waals surface area contributed by atoms with Gasteiger partial charge in [0.25, 0.3) is 0 Å². The second-order valence-corrected chi connectivity index (χ2v) is 12.0. The molecule has 0 unspecified atom stereocenters. The Labute approximate surface area is 282 Å². The van der Waals surface area contributed by atoms with Crippen molar-refractivity contribution in [3.05, 3.63) is 0 Å². The topological polar surface area (TPSA) is 254 Å². The van der Waals surface area contributed by atoms with Crippen LogP contribution in [0.15, 0.2) is 0 Å². The molecule has 0 aliphatic heterocycles. The van der Waals surface area contributed by atoms with Crippen molar-refractivity contribution in [2.45, 2.75) is 159 Å². The van der Waals surface area contributed by atoms with Crippen molar-refractivity contribution in [1.82, 2.24) is 16.0 Å². The Morgan fingerprint density at radius 1 is 0.417 bits per heavy atom. The van der Waals surface area contributed by atoms with Crippen molar-refractivity contribution in [2.75, 3.05) is 0 Å². The third-order valence-corrected chi connectivity index (χ3v) is 7.80. The first-order valence-corrected chi connectivity index (χ1v) is 17.0. The van der Waals surface area contributed by atoms with E-state index in [0.717, 1.165) is 57.8 Å². The quantitative estimate of drug-likeness (QED) is 0.0503. The molecule has 3 atom stereocenters. The maximum absolute atomic E-state index is 12.3. The first-order valence-electron chi connectivity index (χ1n) is 17.0. The number of unbranched alkanes of at least 4 members (excludes halogenated alkanes) is 13. The van der Waals surface area contributed by atoms with Crippen molar-refractivity contribution in [3.63, 3.8) is 0 Å². The van der Waals surface area contributed by atoms with Crippen LogP contribution >= 0.6 is 0 Å². The molecule has 0 saturated heterocycles. The number of carbonyl (C=O) groups is 7. The summed E-state index contributed by atoms with van der Waals surface area (Å²) in [5, 5.41) is 43.4. The normalized spacial score (nSPS) is 12.7. The Morgan fingerprint density at radius 3 is 1.02 bits per heavy atom. The molecule has 273 valence electrons. The number of hydrogen-bond donors (Lipinski definition) is 7. The highest BCUT2D eigenvalue weighted by atomic mass is 16.4. The van der Waals surface area contributed by atoms with Gasteiger partial charge >= 0.3 is 23.9 Å². The lowest BCUT2D eigenvalue weighted by Crippen LogP contribution is -2.45. The van der Waals surface area contributed by atoms with Gasteiger partial charge in [-0.15, -0.1) is 0 Å². The average Bonchev–Trinajstić information content (AvgIpc) is 3.02. The van der Waals surface area contributed by atoms with Gasteiger partial charge in [-0.3, -0.25) is 24.0 Å². The molecule has 0 aromatic heterocycles. The molecule has 0 aromatic rings. The van der Waals surface area contributed by atoms with Gasteiger partial charge in [-0.2, -0.15) is 0 Å². The zero-order valence-corrected chi connectivity index (χ0v) is 27.8. The lowest BCUT2D eigenvalue weighted by atomic mass is 10.0. The molecule has 15 heteroatoms. The van der Waals surface area contributed by atoms with Gasteiger partial charge in [0.1, 0.15) is 18.1 Å². The van der Waals surface area contributed by atoms with Crippen LogP contribution in [-0.2, 0) is 38.4 Å². The minimum atomic E-state index is -1.49. The highest BCUT2D eigenvalue weighted by Gasteiger charge is 2.25. The molecule has 7 N–H and O–H groups in total. The van der Waals surface area contributed by atoms with Crippen LogP contribution in [0.25, 0.3) is 0 Å². The minimum absolute atomic E-state index is 0.144. The van der Waals surface area contributed by atoms with Gasteiger partial charge in [-0.25, -0.2) is 14.4 Å². The van der Waals surface area contributed by atoms with Gasteiger partial charge in [0.2, 0.25) is 17.7 Å². The van der Waals surface area contributed by atoms with E-state index in [0.29, 0.717) is 6.42 Å². The summed E-state index contributed by atoms with van der Waals surface area (Å²) >= 11 is 0. The lowest BCUT2D eigenvalue weighted by molar-refractivity contribution is -0.144. The van der Waals surface area contributed by atoms with Crippen LogP contribution in [0, 0.1) is 0 Å². The Hall–Kier alpha value is -4.04. The highest BCUT2D eigenvalue weighted by molar-refractivity contribution is 5.87. The number of aliphatic carboxylic acids is 4. The Kier molecular flexibility index (Phi) is 25.7. The van der Waals surface area contributed by atoms with Crippen molar-refractivity contribution in [2.24, 2.45) is 0 Å². The van der Waals surface area contributed by atoms with E-state index in [-0.39, 0.29) is 38.5 Å². The van der Waals surface area contributed by atoms with Crippen LogP contribution in [0.1, 0.15) is 141 Å². The van der Waals surface area contributed by atoms with E-state index in [9.17, 15) is 48.6 Å². The molecule has 1 radical (unpaired) electrons. The minimum Gasteiger partial charge on any atom is -0.481 e. The van der Waals surface area contributed by atoms with E-state index < -0.39 is 72.6 Å². The second kappa shape index (κ2) is 28.0. The molecule has 48 heavy (non-hydrogen) atoms. The molecule has 0 aliphatic carbocycles. The van der Waals surface area contributed by atoms with Crippen molar-refractivity contribution in [1.29, 1.82) is 0 Å². The molecular weight excluding hydrogens is 630 g/mol. The van der Waals surface area contributed by atoms with Crippen molar-refractivity contribution >= 4 is 47.9 Å². The molecule has 0 aromatic carbocycles. The molecule has 0 fully saturated rings. The van der Waals surface area contributed by atoms with Crippen LogP contribution in [0.4, 0.5) is 0 Å². The van der Waals surface area contributed by atoms with Gasteiger partial charge in [-0.05, 0) is 32.1 Å². The summed E-state index contributed by atoms with van der Waals surface area (Å²) in [7, 11) is 0. The van der Waals surface area contributed by atoms with Crippen LogP contribution in [-0.4, -0.2) is 86.4 Å². The number of nitrogens with one attached hydrogen (secondary N) is 3. The standard InChI is InChI=1S/C33H54N3O12/c37-23-15-16-24(31(43)44)34-28(39)21-20-26(33(47)48)36-29(40)22-19-25(32(45)46)35-27(38)17-13-11-9-7-5-3-1-2-4-6-8-10-12-14-18-30(41)42/h24-26H,1-22H2,(H,34,39)(H,35,38)(H,36,40)(H,41,42)(H,43,44)(H,45,46)(H,47,48)/t24-,25-,26-/m0/s1. The fraction of sp³-hybridized carbons (Fsp3) is 0.758. The SMILES string of the molecule is O=[C]CC[C@H](NC(=O)CC[C@H](NC(=O)CC[C@H](NC(=O)CCCCCCCCCCCCCCCCC(=O)O)C(=O)O)C(=O)O)C(=O)O. The van der Waals surface area contributed by atoms with E-state index in [1.165, 1.54) is 32.0 Å². The predicted molar refractivity (Wildman–Crippen MR) is 174 cm³/mol. The number of amides is 3. The summed E-state index contributed by atoms with van der Waals surface area (Å²) in [6, 6.07) is -4.18. The molecule has 15 nitrogen and oxygen atoms in total. The van der Waals surface area contributed by atoms with Crippen molar-refractivity contribution < 1.29 is 58.8 Å². The first kappa shape index (κ1) is 44.0. The molecule has 0 saturated carbocycles. The van der Waals surface area contributed by atoms with Gasteiger partial charge in [0, 0.05) is 32.1 Å². The Morgan fingerprint density at radius 2 is 0.708 bits per heavy atom. The molecule has 0 rings (SSSR count). The summed E-state index contributed by atoms with van der Waals surface area (Å²) in [5.74, 6) is -6.92. The number of rotatable bonds is 32. The zero-order chi connectivity index (χ0) is 36.2. The third kappa shape index (κ3) is 25.1. The van der Waals surface area contributed by atoms with Gasteiger partial charge in [0.15, 0.2) is 6.29 Å². The van der Waals surface area contributed by atoms with E-state index in [1.54, 1.807) is 0 Å². The Balaban J connectivity index is 4.18. The molecule has 3 amide bonds. The maximum atomic E-state index is 12.3. The van der Waals surface area contributed by atoms with Crippen LogP contribution in [0.2, 0.25) is 0 Å². The predicted octanol–water partition coefficient (Wildman–Crippen LogP) is 3.47. The number of carbonyl (C=O) groups excluding carboxylic acids is 4. The van der Waals surface area contributed by atoms with Gasteiger partial charge in [-0.1, -0.05) is 77.0 Å².